The normalized spacial score (nSPS) is 37.7. The van der Waals surface area contributed by atoms with Crippen LogP contribution in [-0.2, 0) is 0 Å². The van der Waals surface area contributed by atoms with Gasteiger partial charge in [0.05, 0.1) is 0 Å². The molecule has 0 aromatic carbocycles. The minimum absolute atomic E-state index is 1.04. The highest BCUT2D eigenvalue weighted by molar-refractivity contribution is 4.88. The Balaban J connectivity index is 2.64. The number of hydrogen-bond donors (Lipinski definition) is 0. The summed E-state index contributed by atoms with van der Waals surface area (Å²) in [6.45, 7) is 9.51. The molecule has 1 aliphatic rings. The minimum atomic E-state index is 1.04. The lowest BCUT2D eigenvalue weighted by molar-refractivity contribution is 0.251. The molecule has 1 aliphatic carbocycles. The second-order valence-corrected chi connectivity index (χ2v) is 5.10. The molecule has 4 unspecified atom stereocenters. The molecule has 1 fully saturated rings. The molecule has 0 heterocycles. The van der Waals surface area contributed by atoms with Crippen molar-refractivity contribution >= 4 is 0 Å². The topological polar surface area (TPSA) is 0 Å². The van der Waals surface area contributed by atoms with Crippen molar-refractivity contribution in [2.45, 2.75) is 66.2 Å². The average Bonchev–Trinajstić information content (AvgIpc) is 2.56. The standard InChI is InChI=1S/C14H28/c1-5-9-14-12(7-3)10-11(6-2)13(14)8-4/h11-14H,5-10H2,1-4H3. The minimum Gasteiger partial charge on any atom is -0.0654 e. The number of rotatable bonds is 5. The van der Waals surface area contributed by atoms with Crippen LogP contribution in [0.4, 0.5) is 0 Å². The Morgan fingerprint density at radius 3 is 1.79 bits per heavy atom. The van der Waals surface area contributed by atoms with Crippen LogP contribution >= 0.6 is 0 Å². The largest absolute Gasteiger partial charge is 0.0654 e. The Kier molecular flexibility index (Phi) is 4.98. The van der Waals surface area contributed by atoms with Crippen molar-refractivity contribution in [1.82, 2.24) is 0 Å². The molecule has 0 radical (unpaired) electrons. The third-order valence-corrected chi connectivity index (χ3v) is 4.51. The summed E-state index contributed by atoms with van der Waals surface area (Å²) < 4.78 is 0. The second kappa shape index (κ2) is 5.78. The molecule has 0 aromatic rings. The van der Waals surface area contributed by atoms with Gasteiger partial charge in [-0.15, -0.1) is 0 Å². The van der Waals surface area contributed by atoms with Gasteiger partial charge in [-0.3, -0.25) is 0 Å². The summed E-state index contributed by atoms with van der Waals surface area (Å²) in [5.41, 5.74) is 0. The van der Waals surface area contributed by atoms with Gasteiger partial charge in [0, 0.05) is 0 Å². The van der Waals surface area contributed by atoms with Gasteiger partial charge in [0.25, 0.3) is 0 Å². The van der Waals surface area contributed by atoms with Crippen molar-refractivity contribution in [1.29, 1.82) is 0 Å². The summed E-state index contributed by atoms with van der Waals surface area (Å²) in [4.78, 5) is 0. The van der Waals surface area contributed by atoms with Crippen molar-refractivity contribution in [3.63, 3.8) is 0 Å². The van der Waals surface area contributed by atoms with Gasteiger partial charge in [-0.2, -0.15) is 0 Å². The van der Waals surface area contributed by atoms with E-state index in [9.17, 15) is 0 Å². The lowest BCUT2D eigenvalue weighted by atomic mass is 9.81. The van der Waals surface area contributed by atoms with Crippen LogP contribution < -0.4 is 0 Å². The van der Waals surface area contributed by atoms with E-state index in [0.717, 1.165) is 23.7 Å². The van der Waals surface area contributed by atoms with E-state index in [-0.39, 0.29) is 0 Å². The highest BCUT2D eigenvalue weighted by atomic mass is 14.4. The van der Waals surface area contributed by atoms with Crippen LogP contribution in [0.15, 0.2) is 0 Å². The lowest BCUT2D eigenvalue weighted by Gasteiger charge is -2.24. The van der Waals surface area contributed by atoms with Crippen LogP contribution in [0.5, 0.6) is 0 Å². The van der Waals surface area contributed by atoms with Gasteiger partial charge in [-0.1, -0.05) is 59.8 Å². The lowest BCUT2D eigenvalue weighted by Crippen LogP contribution is -2.16. The maximum atomic E-state index is 2.40. The molecule has 0 heteroatoms. The van der Waals surface area contributed by atoms with E-state index in [4.69, 9.17) is 0 Å². The van der Waals surface area contributed by atoms with E-state index in [0.29, 0.717) is 0 Å². The average molecular weight is 196 g/mol. The molecule has 0 aromatic heterocycles. The van der Waals surface area contributed by atoms with Gasteiger partial charge in [-0.05, 0) is 30.1 Å². The maximum absolute atomic E-state index is 2.40. The van der Waals surface area contributed by atoms with Crippen LogP contribution in [0.1, 0.15) is 66.2 Å². The van der Waals surface area contributed by atoms with Crippen molar-refractivity contribution in [3.05, 3.63) is 0 Å². The molecule has 0 spiro atoms. The van der Waals surface area contributed by atoms with Crippen LogP contribution in [0.25, 0.3) is 0 Å². The molecule has 4 atom stereocenters. The van der Waals surface area contributed by atoms with Crippen molar-refractivity contribution < 1.29 is 0 Å². The van der Waals surface area contributed by atoms with Gasteiger partial charge in [-0.25, -0.2) is 0 Å². The van der Waals surface area contributed by atoms with E-state index < -0.39 is 0 Å². The first-order valence-corrected chi connectivity index (χ1v) is 6.78. The molecular weight excluding hydrogens is 168 g/mol. The zero-order valence-corrected chi connectivity index (χ0v) is 10.6. The molecule has 0 bridgehead atoms. The molecular formula is C14H28. The monoisotopic (exact) mass is 196 g/mol. The van der Waals surface area contributed by atoms with Crippen molar-refractivity contribution in [3.8, 4) is 0 Å². The van der Waals surface area contributed by atoms with Crippen LogP contribution in [-0.4, -0.2) is 0 Å². The smallest absolute Gasteiger partial charge is 0.0355 e. The molecule has 0 saturated heterocycles. The zero-order chi connectivity index (χ0) is 10.6. The Hall–Kier alpha value is 0. The quantitative estimate of drug-likeness (QED) is 0.587. The van der Waals surface area contributed by atoms with Crippen LogP contribution in [0.3, 0.4) is 0 Å². The fraction of sp³-hybridized carbons (Fsp3) is 1.00. The zero-order valence-electron chi connectivity index (χ0n) is 10.6. The fourth-order valence-corrected chi connectivity index (χ4v) is 3.80. The molecule has 1 saturated carbocycles. The Labute approximate surface area is 90.5 Å². The molecule has 0 nitrogen and oxygen atoms in total. The van der Waals surface area contributed by atoms with E-state index in [2.05, 4.69) is 27.7 Å². The molecule has 14 heavy (non-hydrogen) atoms. The van der Waals surface area contributed by atoms with E-state index in [1.54, 1.807) is 0 Å². The Bertz CT molecular complexity index is 150. The maximum Gasteiger partial charge on any atom is -0.0355 e. The van der Waals surface area contributed by atoms with Gasteiger partial charge >= 0.3 is 0 Å². The molecule has 0 amide bonds. The van der Waals surface area contributed by atoms with Crippen LogP contribution in [0, 0.1) is 23.7 Å². The summed E-state index contributed by atoms with van der Waals surface area (Å²) in [7, 11) is 0. The van der Waals surface area contributed by atoms with E-state index in [1.165, 1.54) is 38.5 Å². The molecule has 0 aliphatic heterocycles. The first-order valence-electron chi connectivity index (χ1n) is 6.78. The van der Waals surface area contributed by atoms with Gasteiger partial charge in [0.2, 0.25) is 0 Å². The predicted octanol–water partition coefficient (Wildman–Crippen LogP) is 4.89. The van der Waals surface area contributed by atoms with Gasteiger partial charge in [0.1, 0.15) is 0 Å². The fourth-order valence-electron chi connectivity index (χ4n) is 3.80. The molecule has 84 valence electrons. The van der Waals surface area contributed by atoms with Gasteiger partial charge in [0.15, 0.2) is 0 Å². The van der Waals surface area contributed by atoms with E-state index >= 15 is 0 Å². The summed E-state index contributed by atoms with van der Waals surface area (Å²) in [6.07, 6.45) is 8.63. The van der Waals surface area contributed by atoms with E-state index in [1.807, 2.05) is 0 Å². The third kappa shape index (κ3) is 2.32. The Morgan fingerprint density at radius 1 is 0.786 bits per heavy atom. The summed E-state index contributed by atoms with van der Waals surface area (Å²) in [6, 6.07) is 0. The third-order valence-electron chi connectivity index (χ3n) is 4.51. The predicted molar refractivity (Wildman–Crippen MR) is 64.4 cm³/mol. The first-order chi connectivity index (χ1) is 6.78. The highest BCUT2D eigenvalue weighted by Crippen LogP contribution is 2.48. The van der Waals surface area contributed by atoms with Crippen molar-refractivity contribution in [2.75, 3.05) is 0 Å². The molecule has 1 rings (SSSR count). The van der Waals surface area contributed by atoms with Crippen LogP contribution in [0.2, 0.25) is 0 Å². The summed E-state index contributed by atoms with van der Waals surface area (Å²) in [5, 5.41) is 0. The van der Waals surface area contributed by atoms with Gasteiger partial charge < -0.3 is 0 Å². The number of hydrogen-bond acceptors (Lipinski definition) is 0. The SMILES string of the molecule is CCCC1C(CC)CC(CC)C1CC. The van der Waals surface area contributed by atoms with Crippen molar-refractivity contribution in [2.24, 2.45) is 23.7 Å². The second-order valence-electron chi connectivity index (χ2n) is 5.10. The summed E-state index contributed by atoms with van der Waals surface area (Å²) in [5.74, 6) is 4.19. The first kappa shape index (κ1) is 12.1. The highest BCUT2D eigenvalue weighted by Gasteiger charge is 2.39. The Morgan fingerprint density at radius 2 is 1.36 bits per heavy atom. The molecule has 0 N–H and O–H groups in total. The summed E-state index contributed by atoms with van der Waals surface area (Å²) >= 11 is 0.